The molecule has 0 fully saturated rings. The monoisotopic (exact) mass is 242 g/mol. The van der Waals surface area contributed by atoms with Crippen LogP contribution in [-0.4, -0.2) is 11.1 Å². The van der Waals surface area contributed by atoms with E-state index in [-0.39, 0.29) is 0 Å². The summed E-state index contributed by atoms with van der Waals surface area (Å²) in [7, 11) is 0. The molecule has 2 rings (SSSR count). The zero-order valence-corrected chi connectivity index (χ0v) is 11.3. The van der Waals surface area contributed by atoms with Crippen molar-refractivity contribution in [1.29, 1.82) is 0 Å². The van der Waals surface area contributed by atoms with Crippen LogP contribution in [0.5, 0.6) is 0 Å². The van der Waals surface area contributed by atoms with E-state index >= 15 is 0 Å². The fourth-order valence-electron chi connectivity index (χ4n) is 2.12. The number of hydrogen-bond donors (Lipinski definition) is 1. The molecule has 1 aromatic heterocycles. The van der Waals surface area contributed by atoms with Gasteiger partial charge in [-0.15, -0.1) is 0 Å². The molecule has 2 heteroatoms. The zero-order chi connectivity index (χ0) is 12.8. The second-order valence-corrected chi connectivity index (χ2v) is 4.73. The Kier molecular flexibility index (Phi) is 4.59. The fourth-order valence-corrected chi connectivity index (χ4v) is 2.12. The van der Waals surface area contributed by atoms with Crippen LogP contribution in [0.2, 0.25) is 0 Å². The second kappa shape index (κ2) is 6.41. The predicted octanol–water partition coefficient (Wildman–Crippen LogP) is 3.60. The lowest BCUT2D eigenvalue weighted by atomic mass is 10.1. The summed E-state index contributed by atoms with van der Waals surface area (Å²) < 4.78 is 2.28. The Labute approximate surface area is 110 Å². The lowest BCUT2D eigenvalue weighted by molar-refractivity contribution is 0.635. The molecule has 0 saturated carbocycles. The van der Waals surface area contributed by atoms with Gasteiger partial charge in [0.1, 0.15) is 0 Å². The third kappa shape index (κ3) is 3.23. The van der Waals surface area contributed by atoms with E-state index in [0.717, 1.165) is 13.1 Å². The third-order valence-electron chi connectivity index (χ3n) is 3.26. The minimum atomic E-state index is 0.395. The number of nitrogens with zero attached hydrogens (tertiary/aromatic N) is 1. The van der Waals surface area contributed by atoms with E-state index in [9.17, 15) is 0 Å². The fraction of sp³-hybridized carbons (Fsp3) is 0.375. The Morgan fingerprint density at radius 3 is 2.67 bits per heavy atom. The number of rotatable bonds is 6. The van der Waals surface area contributed by atoms with Crippen LogP contribution in [0, 0.1) is 0 Å². The van der Waals surface area contributed by atoms with Crippen molar-refractivity contribution in [2.45, 2.75) is 32.9 Å². The maximum atomic E-state index is 3.43. The molecule has 0 aliphatic carbocycles. The van der Waals surface area contributed by atoms with E-state index in [1.54, 1.807) is 0 Å². The molecule has 0 saturated heterocycles. The molecular formula is C16H22N2. The zero-order valence-electron chi connectivity index (χ0n) is 11.3. The van der Waals surface area contributed by atoms with E-state index in [2.05, 4.69) is 72.5 Å². The molecule has 2 nitrogen and oxygen atoms in total. The molecule has 1 atom stereocenters. The van der Waals surface area contributed by atoms with Crippen LogP contribution in [-0.2, 0) is 6.54 Å². The first kappa shape index (κ1) is 12.9. The first-order chi connectivity index (χ1) is 8.81. The highest BCUT2D eigenvalue weighted by atomic mass is 15.0. The lowest BCUT2D eigenvalue weighted by Gasteiger charge is -2.13. The van der Waals surface area contributed by atoms with Crippen molar-refractivity contribution in [3.8, 4) is 0 Å². The molecule has 1 heterocycles. The van der Waals surface area contributed by atoms with E-state index in [0.29, 0.717) is 6.04 Å². The van der Waals surface area contributed by atoms with E-state index in [4.69, 9.17) is 0 Å². The van der Waals surface area contributed by atoms with Crippen molar-refractivity contribution in [2.24, 2.45) is 0 Å². The van der Waals surface area contributed by atoms with Crippen LogP contribution < -0.4 is 5.32 Å². The molecule has 96 valence electrons. The SMILES string of the molecule is CCCNCc1ccn([C@H](C)c2ccccc2)c1. The first-order valence-corrected chi connectivity index (χ1v) is 6.73. The van der Waals surface area contributed by atoms with Crippen LogP contribution in [0.3, 0.4) is 0 Å². The largest absolute Gasteiger partial charge is 0.347 e. The summed E-state index contributed by atoms with van der Waals surface area (Å²) in [6.07, 6.45) is 5.59. The lowest BCUT2D eigenvalue weighted by Crippen LogP contribution is -2.13. The molecule has 1 aromatic carbocycles. The van der Waals surface area contributed by atoms with E-state index in [1.165, 1.54) is 17.5 Å². The highest BCUT2D eigenvalue weighted by Gasteiger charge is 2.06. The summed E-state index contributed by atoms with van der Waals surface area (Å²) in [5.41, 5.74) is 2.70. The number of benzene rings is 1. The van der Waals surface area contributed by atoms with Gasteiger partial charge in [0.2, 0.25) is 0 Å². The molecular weight excluding hydrogens is 220 g/mol. The van der Waals surface area contributed by atoms with Crippen LogP contribution >= 0.6 is 0 Å². The van der Waals surface area contributed by atoms with Gasteiger partial charge in [0.15, 0.2) is 0 Å². The van der Waals surface area contributed by atoms with Gasteiger partial charge in [0.25, 0.3) is 0 Å². The highest BCUT2D eigenvalue weighted by Crippen LogP contribution is 2.18. The van der Waals surface area contributed by atoms with E-state index < -0.39 is 0 Å². The molecule has 0 bridgehead atoms. The first-order valence-electron chi connectivity index (χ1n) is 6.73. The van der Waals surface area contributed by atoms with Crippen molar-refractivity contribution in [3.63, 3.8) is 0 Å². The van der Waals surface area contributed by atoms with Gasteiger partial charge in [-0.05, 0) is 37.1 Å². The minimum Gasteiger partial charge on any atom is -0.347 e. The smallest absolute Gasteiger partial charge is 0.0551 e. The molecule has 0 aliphatic rings. The summed E-state index contributed by atoms with van der Waals surface area (Å²) in [5, 5.41) is 3.43. The Bertz CT molecular complexity index is 459. The summed E-state index contributed by atoms with van der Waals surface area (Å²) in [6.45, 7) is 6.47. The molecule has 0 spiro atoms. The number of hydrogen-bond acceptors (Lipinski definition) is 1. The highest BCUT2D eigenvalue weighted by molar-refractivity contribution is 5.21. The molecule has 0 radical (unpaired) electrons. The quantitative estimate of drug-likeness (QED) is 0.766. The van der Waals surface area contributed by atoms with Crippen molar-refractivity contribution in [3.05, 3.63) is 59.9 Å². The summed E-state index contributed by atoms with van der Waals surface area (Å²) in [5.74, 6) is 0. The summed E-state index contributed by atoms with van der Waals surface area (Å²) in [4.78, 5) is 0. The maximum absolute atomic E-state index is 3.43. The predicted molar refractivity (Wildman–Crippen MR) is 76.7 cm³/mol. The average Bonchev–Trinajstić information content (AvgIpc) is 2.88. The third-order valence-corrected chi connectivity index (χ3v) is 3.26. The molecule has 0 amide bonds. The Morgan fingerprint density at radius 2 is 1.94 bits per heavy atom. The Morgan fingerprint density at radius 1 is 1.17 bits per heavy atom. The topological polar surface area (TPSA) is 17.0 Å². The molecule has 0 aliphatic heterocycles. The van der Waals surface area contributed by atoms with Gasteiger partial charge in [0, 0.05) is 18.9 Å². The van der Waals surface area contributed by atoms with Crippen molar-refractivity contribution < 1.29 is 0 Å². The van der Waals surface area contributed by atoms with Crippen molar-refractivity contribution >= 4 is 0 Å². The Balaban J connectivity index is 2.01. The summed E-state index contributed by atoms with van der Waals surface area (Å²) >= 11 is 0. The maximum Gasteiger partial charge on any atom is 0.0551 e. The van der Waals surface area contributed by atoms with Gasteiger partial charge in [-0.3, -0.25) is 0 Å². The van der Waals surface area contributed by atoms with Gasteiger partial charge in [-0.25, -0.2) is 0 Å². The number of aromatic nitrogens is 1. The van der Waals surface area contributed by atoms with Crippen LogP contribution in [0.15, 0.2) is 48.8 Å². The van der Waals surface area contributed by atoms with Gasteiger partial charge >= 0.3 is 0 Å². The number of nitrogens with one attached hydrogen (secondary N) is 1. The molecule has 18 heavy (non-hydrogen) atoms. The van der Waals surface area contributed by atoms with Gasteiger partial charge in [0.05, 0.1) is 6.04 Å². The van der Waals surface area contributed by atoms with E-state index in [1.807, 2.05) is 0 Å². The molecule has 0 unspecified atom stereocenters. The van der Waals surface area contributed by atoms with Gasteiger partial charge in [-0.2, -0.15) is 0 Å². The standard InChI is InChI=1S/C16H22N2/c1-3-10-17-12-15-9-11-18(13-15)14(2)16-7-5-4-6-8-16/h4-9,11,13-14,17H,3,10,12H2,1-2H3/t14-/m1/s1. The molecule has 1 N–H and O–H groups in total. The summed E-state index contributed by atoms with van der Waals surface area (Å²) in [6, 6.07) is 13.2. The van der Waals surface area contributed by atoms with Crippen LogP contribution in [0.1, 0.15) is 37.4 Å². The molecule has 2 aromatic rings. The Hall–Kier alpha value is -1.54. The average molecular weight is 242 g/mol. The van der Waals surface area contributed by atoms with Crippen molar-refractivity contribution in [1.82, 2.24) is 9.88 Å². The second-order valence-electron chi connectivity index (χ2n) is 4.73. The minimum absolute atomic E-state index is 0.395. The van der Waals surface area contributed by atoms with Gasteiger partial charge < -0.3 is 9.88 Å². The van der Waals surface area contributed by atoms with Crippen molar-refractivity contribution in [2.75, 3.05) is 6.54 Å². The van der Waals surface area contributed by atoms with Gasteiger partial charge in [-0.1, -0.05) is 37.3 Å². The van der Waals surface area contributed by atoms with Crippen LogP contribution in [0.4, 0.5) is 0 Å². The normalized spacial score (nSPS) is 12.6. The van der Waals surface area contributed by atoms with Crippen LogP contribution in [0.25, 0.3) is 0 Å².